The quantitative estimate of drug-likeness (QED) is 0.462. The molecule has 180 valence electrons. The number of allylic oxidation sites excluding steroid dienone is 2. The minimum Gasteiger partial charge on any atom is -0.467 e. The Morgan fingerprint density at radius 3 is 2.14 bits per heavy atom. The normalized spacial score (nSPS) is 15.2. The zero-order chi connectivity index (χ0) is 25.1. The molecule has 10 nitrogen and oxygen atoms in total. The van der Waals surface area contributed by atoms with E-state index < -0.39 is 35.6 Å². The maximum Gasteiger partial charge on any atom is 0.337 e. The second-order valence-corrected chi connectivity index (χ2v) is 8.12. The van der Waals surface area contributed by atoms with E-state index >= 15 is 0 Å². The van der Waals surface area contributed by atoms with Crippen molar-refractivity contribution in [2.45, 2.75) is 39.0 Å². The van der Waals surface area contributed by atoms with Crippen molar-refractivity contribution in [3.05, 3.63) is 116 Å². The number of hydrazone groups is 1. The number of nitrogens with zero attached hydrogens (tertiary/aromatic N) is 5. The third-order valence-corrected chi connectivity index (χ3v) is 5.72. The average Bonchev–Trinajstić information content (AvgIpc) is 3.53. The highest BCUT2D eigenvalue weighted by Gasteiger charge is 2.35. The molecule has 0 saturated carbocycles. The molecule has 1 aromatic carbocycles. The molecule has 1 aliphatic heterocycles. The number of hydrogen-bond acceptors (Lipinski definition) is 6. The predicted molar refractivity (Wildman–Crippen MR) is 130 cm³/mol. The maximum absolute atomic E-state index is 13.4. The molecule has 3 aromatic rings. The Balaban J connectivity index is 1.75. The fourth-order valence-corrected chi connectivity index (χ4v) is 3.96. The van der Waals surface area contributed by atoms with Crippen LogP contribution in [0.2, 0.25) is 0 Å². The van der Waals surface area contributed by atoms with E-state index in [1.807, 2.05) is 31.2 Å². The number of carbonyl (C=O) groups is 1. The van der Waals surface area contributed by atoms with Gasteiger partial charge in [0.05, 0.1) is 25.1 Å². The zero-order valence-corrected chi connectivity index (χ0v) is 19.3. The molecule has 1 aliphatic rings. The molecule has 0 unspecified atom stereocenters. The second kappa shape index (κ2) is 9.80. The Morgan fingerprint density at radius 1 is 1.00 bits per heavy atom. The summed E-state index contributed by atoms with van der Waals surface area (Å²) in [6.45, 7) is 8.25. The fourth-order valence-electron chi connectivity index (χ4n) is 3.96. The van der Waals surface area contributed by atoms with Gasteiger partial charge in [-0.05, 0) is 24.6 Å². The van der Waals surface area contributed by atoms with Crippen molar-refractivity contribution in [3.8, 4) is 0 Å². The number of amides is 1. The Hall–Kier alpha value is -4.47. The van der Waals surface area contributed by atoms with Crippen molar-refractivity contribution in [1.29, 1.82) is 0 Å². The van der Waals surface area contributed by atoms with Crippen LogP contribution in [-0.4, -0.2) is 30.3 Å². The third kappa shape index (κ3) is 4.50. The molecule has 0 fully saturated rings. The summed E-state index contributed by atoms with van der Waals surface area (Å²) >= 11 is 0. The Kier molecular flexibility index (Phi) is 6.63. The maximum atomic E-state index is 13.4. The lowest BCUT2D eigenvalue weighted by atomic mass is 10.0. The first-order chi connectivity index (χ1) is 16.8. The molecule has 3 heterocycles. The van der Waals surface area contributed by atoms with Gasteiger partial charge in [0.25, 0.3) is 5.91 Å². The molecular weight excluding hydrogens is 450 g/mol. The lowest BCUT2D eigenvalue weighted by Crippen LogP contribution is -2.55. The van der Waals surface area contributed by atoms with Crippen LogP contribution in [0.25, 0.3) is 0 Å². The molecular formula is C25H25N5O5. The first-order valence-electron chi connectivity index (χ1n) is 11.0. The van der Waals surface area contributed by atoms with Gasteiger partial charge in [0, 0.05) is 6.42 Å². The van der Waals surface area contributed by atoms with Crippen molar-refractivity contribution in [1.82, 2.24) is 18.7 Å². The summed E-state index contributed by atoms with van der Waals surface area (Å²) < 4.78 is 7.97. The fraction of sp³-hybridized carbons (Fsp3) is 0.240. The third-order valence-electron chi connectivity index (χ3n) is 5.72. The Labute approximate surface area is 200 Å². The van der Waals surface area contributed by atoms with Crippen LogP contribution in [0.1, 0.15) is 29.3 Å². The van der Waals surface area contributed by atoms with Gasteiger partial charge in [-0.2, -0.15) is 5.10 Å². The van der Waals surface area contributed by atoms with Gasteiger partial charge in [0.15, 0.2) is 0 Å². The number of benzene rings is 1. The van der Waals surface area contributed by atoms with Gasteiger partial charge in [-0.25, -0.2) is 33.1 Å². The molecule has 35 heavy (non-hydrogen) atoms. The van der Waals surface area contributed by atoms with E-state index in [2.05, 4.69) is 18.3 Å². The standard InChI is InChI=1S/C25H25N5O5/c1-4-12-27-23(32)28(13-5-2)25(34)29(24(27)33)16-22(31)30-20(21-7-6-14-35-21)15-19(26-30)18-10-8-17(3)9-11-18/h4-11,14,20H,1-2,12-13,15-16H2,3H3/t20-/m0/s1. The van der Waals surface area contributed by atoms with Gasteiger partial charge < -0.3 is 4.42 Å². The highest BCUT2D eigenvalue weighted by atomic mass is 16.3. The molecule has 0 spiro atoms. The molecule has 0 saturated heterocycles. The monoisotopic (exact) mass is 475 g/mol. The van der Waals surface area contributed by atoms with Crippen LogP contribution >= 0.6 is 0 Å². The first-order valence-corrected chi connectivity index (χ1v) is 11.0. The van der Waals surface area contributed by atoms with Crippen molar-refractivity contribution < 1.29 is 9.21 Å². The Morgan fingerprint density at radius 2 is 1.60 bits per heavy atom. The van der Waals surface area contributed by atoms with Gasteiger partial charge in [-0.15, -0.1) is 13.2 Å². The summed E-state index contributed by atoms with van der Waals surface area (Å²) in [4.78, 5) is 51.9. The number of aromatic nitrogens is 3. The van der Waals surface area contributed by atoms with E-state index in [0.717, 1.165) is 24.8 Å². The van der Waals surface area contributed by atoms with E-state index in [1.165, 1.54) is 23.4 Å². The van der Waals surface area contributed by atoms with Gasteiger partial charge in [-0.3, -0.25) is 4.79 Å². The van der Waals surface area contributed by atoms with Gasteiger partial charge in [-0.1, -0.05) is 42.0 Å². The largest absolute Gasteiger partial charge is 0.467 e. The molecule has 0 N–H and O–H groups in total. The van der Waals surface area contributed by atoms with Crippen LogP contribution in [0.3, 0.4) is 0 Å². The Bertz CT molecular complexity index is 1420. The SMILES string of the molecule is C=CCn1c(=O)n(CC=C)c(=O)n(CC(=O)N2N=C(c3ccc(C)cc3)C[C@H]2c2ccco2)c1=O. The van der Waals surface area contributed by atoms with Crippen LogP contribution in [0.5, 0.6) is 0 Å². The van der Waals surface area contributed by atoms with Crippen molar-refractivity contribution >= 4 is 11.6 Å². The lowest BCUT2D eigenvalue weighted by molar-refractivity contribution is -0.134. The molecule has 1 atom stereocenters. The summed E-state index contributed by atoms with van der Waals surface area (Å²) in [5, 5.41) is 5.77. The minimum atomic E-state index is -0.898. The van der Waals surface area contributed by atoms with Crippen LogP contribution in [0.15, 0.2) is 91.9 Å². The lowest BCUT2D eigenvalue weighted by Gasteiger charge is -2.20. The van der Waals surface area contributed by atoms with Crippen molar-refractivity contribution in [2.24, 2.45) is 5.10 Å². The number of hydrogen-bond donors (Lipinski definition) is 0. The second-order valence-electron chi connectivity index (χ2n) is 8.12. The van der Waals surface area contributed by atoms with E-state index in [1.54, 1.807) is 12.1 Å². The zero-order valence-electron chi connectivity index (χ0n) is 19.3. The van der Waals surface area contributed by atoms with Gasteiger partial charge in [0.2, 0.25) is 0 Å². The number of furan rings is 1. The predicted octanol–water partition coefficient (Wildman–Crippen LogP) is 1.82. The van der Waals surface area contributed by atoms with E-state index in [9.17, 15) is 19.2 Å². The van der Waals surface area contributed by atoms with Crippen LogP contribution in [-0.2, 0) is 24.4 Å². The highest BCUT2D eigenvalue weighted by molar-refractivity contribution is 6.03. The summed E-state index contributed by atoms with van der Waals surface area (Å²) in [6.07, 6.45) is 4.63. The van der Waals surface area contributed by atoms with Gasteiger partial charge >= 0.3 is 17.1 Å². The van der Waals surface area contributed by atoms with E-state index in [4.69, 9.17) is 4.42 Å². The highest BCUT2D eigenvalue weighted by Crippen LogP contribution is 2.33. The van der Waals surface area contributed by atoms with E-state index in [0.29, 0.717) is 17.9 Å². The van der Waals surface area contributed by atoms with Crippen molar-refractivity contribution in [2.75, 3.05) is 0 Å². The summed E-state index contributed by atoms with van der Waals surface area (Å²) in [6, 6.07) is 10.7. The topological polar surface area (TPSA) is 112 Å². The van der Waals surface area contributed by atoms with Gasteiger partial charge in [0.1, 0.15) is 18.3 Å². The molecule has 0 radical (unpaired) electrons. The summed E-state index contributed by atoms with van der Waals surface area (Å²) in [5.41, 5.74) is 0.0286. The number of rotatable bonds is 8. The number of carbonyl (C=O) groups excluding carboxylic acids is 1. The van der Waals surface area contributed by atoms with Crippen LogP contribution in [0, 0.1) is 6.92 Å². The molecule has 10 heteroatoms. The summed E-state index contributed by atoms with van der Waals surface area (Å²) in [5.74, 6) is -0.0704. The minimum absolute atomic E-state index is 0.113. The molecule has 4 rings (SSSR count). The molecule has 0 aliphatic carbocycles. The molecule has 2 aromatic heterocycles. The number of aryl methyl sites for hydroxylation is 1. The van der Waals surface area contributed by atoms with E-state index in [-0.39, 0.29) is 13.1 Å². The molecule has 1 amide bonds. The summed E-state index contributed by atoms with van der Waals surface area (Å²) in [7, 11) is 0. The molecule has 0 bridgehead atoms. The first kappa shape index (κ1) is 23.7. The van der Waals surface area contributed by atoms with Crippen molar-refractivity contribution in [3.63, 3.8) is 0 Å². The van der Waals surface area contributed by atoms with Crippen LogP contribution in [0.4, 0.5) is 0 Å². The van der Waals surface area contributed by atoms with Crippen LogP contribution < -0.4 is 17.1 Å². The smallest absolute Gasteiger partial charge is 0.337 e. The average molecular weight is 476 g/mol.